The van der Waals surface area contributed by atoms with Gasteiger partial charge in [-0.25, -0.2) is 0 Å². The Kier molecular flexibility index (Phi) is 2.89. The molecule has 0 fully saturated rings. The number of nitrogens with one attached hydrogen (secondary N) is 1. The van der Waals surface area contributed by atoms with Crippen LogP contribution in [-0.2, 0) is 0 Å². The van der Waals surface area contributed by atoms with E-state index in [0.717, 1.165) is 17.2 Å². The van der Waals surface area contributed by atoms with E-state index in [9.17, 15) is 0 Å². The molecule has 1 aliphatic rings. The Morgan fingerprint density at radius 2 is 2.27 bits per heavy atom. The molecule has 0 aromatic carbocycles. The van der Waals surface area contributed by atoms with Crippen molar-refractivity contribution in [3.8, 4) is 0 Å². The molecule has 0 saturated heterocycles. The summed E-state index contributed by atoms with van der Waals surface area (Å²) in [5.74, 6) is 0.819. The van der Waals surface area contributed by atoms with Crippen LogP contribution in [0.4, 0.5) is 5.82 Å². The van der Waals surface area contributed by atoms with E-state index in [1.807, 2.05) is 24.8 Å². The van der Waals surface area contributed by atoms with Crippen molar-refractivity contribution in [1.29, 1.82) is 0 Å². The van der Waals surface area contributed by atoms with Crippen molar-refractivity contribution < 1.29 is 0 Å². The van der Waals surface area contributed by atoms with Crippen molar-refractivity contribution in [3.63, 3.8) is 0 Å². The quantitative estimate of drug-likeness (QED) is 0.618. The third-order valence-electron chi connectivity index (χ3n) is 2.12. The molecule has 1 N–H and O–H groups in total. The zero-order valence-electron chi connectivity index (χ0n) is 8.53. The summed E-state index contributed by atoms with van der Waals surface area (Å²) in [6, 6.07) is 1.96. The first kappa shape index (κ1) is 10.8. The van der Waals surface area contributed by atoms with Gasteiger partial charge in [0.1, 0.15) is 0 Å². The van der Waals surface area contributed by atoms with Crippen LogP contribution in [0.3, 0.4) is 0 Å². The molecule has 0 aliphatic carbocycles. The molecule has 1 aliphatic heterocycles. The number of allylic oxidation sites excluding steroid dienone is 1. The second-order valence-electron chi connectivity index (χ2n) is 3.46. The van der Waals surface area contributed by atoms with E-state index < -0.39 is 0 Å². The summed E-state index contributed by atoms with van der Waals surface area (Å²) in [4.78, 5) is 6.38. The van der Waals surface area contributed by atoms with Gasteiger partial charge in [-0.05, 0) is 0 Å². The standard InChI is InChI=1S/C9H12AsClN4/c1-5-3-7(10)15(9(11)12-5)8-4-6(2)13-14-8/h3-4,7H,10H2,1-2H3,(H,13,14). The van der Waals surface area contributed by atoms with Crippen LogP contribution in [0, 0.1) is 6.92 Å². The zero-order chi connectivity index (χ0) is 11.0. The third-order valence-corrected chi connectivity index (χ3v) is 3.41. The van der Waals surface area contributed by atoms with Crippen LogP contribution in [0.5, 0.6) is 0 Å². The molecule has 2 heterocycles. The van der Waals surface area contributed by atoms with Gasteiger partial charge in [-0.3, -0.25) is 0 Å². The van der Waals surface area contributed by atoms with Gasteiger partial charge in [0.15, 0.2) is 0 Å². The van der Waals surface area contributed by atoms with Gasteiger partial charge < -0.3 is 0 Å². The van der Waals surface area contributed by atoms with Crippen molar-refractivity contribution in [3.05, 3.63) is 23.5 Å². The predicted octanol–water partition coefficient (Wildman–Crippen LogP) is 0.996. The summed E-state index contributed by atoms with van der Waals surface area (Å²) in [6.07, 6.45) is 2.08. The summed E-state index contributed by atoms with van der Waals surface area (Å²) in [7, 11) is 0. The number of aromatic amines is 1. The summed E-state index contributed by atoms with van der Waals surface area (Å²) >= 11 is 7.68. The van der Waals surface area contributed by atoms with Gasteiger partial charge in [-0.1, -0.05) is 0 Å². The fourth-order valence-electron chi connectivity index (χ4n) is 1.46. The maximum atomic E-state index is 6.11. The third kappa shape index (κ3) is 2.11. The first-order chi connectivity index (χ1) is 7.08. The van der Waals surface area contributed by atoms with Crippen molar-refractivity contribution in [2.45, 2.75) is 18.7 Å². The van der Waals surface area contributed by atoms with E-state index in [2.05, 4.69) is 21.3 Å². The number of aliphatic imine (C=N–C) groups is 1. The fraction of sp³-hybridized carbons (Fsp3) is 0.333. The molecule has 0 spiro atoms. The number of aryl methyl sites for hydroxylation is 1. The van der Waals surface area contributed by atoms with Gasteiger partial charge in [0.25, 0.3) is 0 Å². The molecule has 0 bridgehead atoms. The van der Waals surface area contributed by atoms with E-state index in [1.165, 1.54) is 0 Å². The molecule has 2 atom stereocenters. The molecule has 4 nitrogen and oxygen atoms in total. The zero-order valence-corrected chi connectivity index (χ0v) is 11.7. The van der Waals surface area contributed by atoms with E-state index in [4.69, 9.17) is 11.6 Å². The predicted molar refractivity (Wildman–Crippen MR) is 65.2 cm³/mol. The first-order valence-corrected chi connectivity index (χ1v) is 6.35. The number of halogens is 1. The Labute approximate surface area is 102 Å². The Morgan fingerprint density at radius 3 is 2.80 bits per heavy atom. The first-order valence-electron chi connectivity index (χ1n) is 4.57. The molecule has 0 radical (unpaired) electrons. The molecule has 2 rings (SSSR count). The summed E-state index contributed by atoms with van der Waals surface area (Å²) in [5.41, 5.74) is 1.97. The van der Waals surface area contributed by atoms with Crippen LogP contribution in [0.15, 0.2) is 22.8 Å². The van der Waals surface area contributed by atoms with Crippen molar-refractivity contribution >= 4 is 39.6 Å². The van der Waals surface area contributed by atoms with Gasteiger partial charge in [-0.2, -0.15) is 0 Å². The number of rotatable bonds is 1. The van der Waals surface area contributed by atoms with Crippen molar-refractivity contribution in [2.24, 2.45) is 4.99 Å². The molecule has 80 valence electrons. The summed E-state index contributed by atoms with van der Waals surface area (Å²) < 4.78 is 0. The average molecular weight is 287 g/mol. The molecular weight excluding hydrogens is 275 g/mol. The molecular formula is C9H12AsClN4. The van der Waals surface area contributed by atoms with E-state index in [-0.39, 0.29) is 4.83 Å². The van der Waals surface area contributed by atoms with Gasteiger partial charge >= 0.3 is 102 Å². The number of aromatic nitrogens is 2. The number of H-pyrrole nitrogens is 1. The topological polar surface area (TPSA) is 44.3 Å². The van der Waals surface area contributed by atoms with Gasteiger partial charge in [0, 0.05) is 0 Å². The molecule has 1 aromatic rings. The Bertz CT molecular complexity index is 437. The van der Waals surface area contributed by atoms with Crippen LogP contribution in [0.1, 0.15) is 12.6 Å². The van der Waals surface area contributed by atoms with E-state index in [1.54, 1.807) is 16.9 Å². The molecule has 6 heteroatoms. The number of hydrogen-bond donors (Lipinski definition) is 1. The summed E-state index contributed by atoms with van der Waals surface area (Å²) in [5, 5.41) is 7.56. The van der Waals surface area contributed by atoms with E-state index in [0.29, 0.717) is 5.29 Å². The van der Waals surface area contributed by atoms with Crippen LogP contribution >= 0.6 is 11.6 Å². The number of hydrogen-bond acceptors (Lipinski definition) is 3. The second-order valence-corrected chi connectivity index (χ2v) is 5.23. The van der Waals surface area contributed by atoms with Crippen molar-refractivity contribution in [2.75, 3.05) is 4.90 Å². The van der Waals surface area contributed by atoms with Gasteiger partial charge in [-0.15, -0.1) is 0 Å². The second kappa shape index (κ2) is 4.03. The van der Waals surface area contributed by atoms with Crippen molar-refractivity contribution in [1.82, 2.24) is 10.2 Å². The number of anilines is 1. The fourth-order valence-corrected chi connectivity index (χ4v) is 3.19. The maximum absolute atomic E-state index is 6.11. The minimum atomic E-state index is 0.241. The normalized spacial score (nSPS) is 21.3. The monoisotopic (exact) mass is 286 g/mol. The molecule has 15 heavy (non-hydrogen) atoms. The SMILES string of the molecule is CC1=CC([AsH2])N(c2cc(C)[nH]n2)C(Cl)=N1. The number of nitrogens with zero attached hydrogens (tertiary/aromatic N) is 3. The molecule has 0 saturated carbocycles. The molecule has 2 unspecified atom stereocenters. The van der Waals surface area contributed by atoms with Gasteiger partial charge in [0.2, 0.25) is 0 Å². The number of amidine groups is 1. The van der Waals surface area contributed by atoms with Crippen LogP contribution in [0.2, 0.25) is 0 Å². The van der Waals surface area contributed by atoms with Crippen LogP contribution in [-0.4, -0.2) is 37.2 Å². The van der Waals surface area contributed by atoms with Crippen LogP contribution in [0.25, 0.3) is 0 Å². The molecule has 1 aromatic heterocycles. The Morgan fingerprint density at radius 1 is 1.53 bits per heavy atom. The van der Waals surface area contributed by atoms with Gasteiger partial charge in [0.05, 0.1) is 0 Å². The minimum absolute atomic E-state index is 0.241. The van der Waals surface area contributed by atoms with Crippen LogP contribution < -0.4 is 4.90 Å². The Balaban J connectivity index is 2.35. The average Bonchev–Trinajstić information content (AvgIpc) is 2.49. The molecule has 0 amide bonds. The summed E-state index contributed by atoms with van der Waals surface area (Å²) in [6.45, 7) is 3.91. The van der Waals surface area contributed by atoms with E-state index >= 15 is 0 Å². The Hall–Kier alpha value is -0.732.